The molecular formula is C15H18ClF3N6O3. The number of halogens is 4. The number of hydrogen-bond acceptors (Lipinski definition) is 6. The second-order valence-electron chi connectivity index (χ2n) is 6.11. The fourth-order valence-corrected chi connectivity index (χ4v) is 3.01. The largest absolute Gasteiger partial charge is 0.405 e. The number of H-pyrrole nitrogens is 1. The fraction of sp³-hybridized carbons (Fsp3) is 0.467. The summed E-state index contributed by atoms with van der Waals surface area (Å²) in [5.41, 5.74) is -0.0536. The SMILES string of the molecule is Cl.O=C(NCC(N1CCNCC1)C(F)(F)F)c1n[nH]c2ccc([N+](=O)[O-])cc12. The van der Waals surface area contributed by atoms with E-state index in [9.17, 15) is 28.1 Å². The summed E-state index contributed by atoms with van der Waals surface area (Å²) in [6, 6.07) is 1.97. The van der Waals surface area contributed by atoms with Gasteiger partial charge in [-0.25, -0.2) is 0 Å². The molecule has 1 unspecified atom stereocenters. The number of nitro benzene ring substituents is 1. The second-order valence-corrected chi connectivity index (χ2v) is 6.11. The van der Waals surface area contributed by atoms with Crippen LogP contribution >= 0.6 is 12.4 Å². The van der Waals surface area contributed by atoms with E-state index < -0.39 is 29.6 Å². The lowest BCUT2D eigenvalue weighted by Gasteiger charge is -2.35. The van der Waals surface area contributed by atoms with Crippen molar-refractivity contribution in [1.29, 1.82) is 0 Å². The van der Waals surface area contributed by atoms with E-state index in [-0.39, 0.29) is 42.3 Å². The maximum atomic E-state index is 13.4. The van der Waals surface area contributed by atoms with Crippen molar-refractivity contribution < 1.29 is 22.9 Å². The normalized spacial score (nSPS) is 16.4. The molecule has 0 bridgehead atoms. The van der Waals surface area contributed by atoms with Crippen LogP contribution in [0.5, 0.6) is 0 Å². The van der Waals surface area contributed by atoms with Gasteiger partial charge in [0.25, 0.3) is 11.6 Å². The van der Waals surface area contributed by atoms with Crippen molar-refractivity contribution in [3.63, 3.8) is 0 Å². The van der Waals surface area contributed by atoms with E-state index >= 15 is 0 Å². The van der Waals surface area contributed by atoms with E-state index in [1.54, 1.807) is 0 Å². The predicted octanol–water partition coefficient (Wildman–Crippen LogP) is 1.46. The number of nitro groups is 1. The van der Waals surface area contributed by atoms with Crippen molar-refractivity contribution in [2.24, 2.45) is 0 Å². The van der Waals surface area contributed by atoms with Gasteiger partial charge in [-0.1, -0.05) is 0 Å². The Labute approximate surface area is 163 Å². The standard InChI is InChI=1S/C15H17F3N6O3.ClH/c16-15(17,18)12(23-5-3-19-4-6-23)8-20-14(25)13-10-7-9(24(26)27)1-2-11(10)21-22-13;/h1-2,7,12,19H,3-6,8H2,(H,20,25)(H,21,22);1H. The molecule has 9 nitrogen and oxygen atoms in total. The number of non-ortho nitro benzene ring substituents is 1. The monoisotopic (exact) mass is 422 g/mol. The van der Waals surface area contributed by atoms with Crippen LogP contribution in [0.2, 0.25) is 0 Å². The number of fused-ring (bicyclic) bond motifs is 1. The summed E-state index contributed by atoms with van der Waals surface area (Å²) in [6.45, 7) is 0.684. The van der Waals surface area contributed by atoms with Crippen LogP contribution in [0.4, 0.5) is 18.9 Å². The van der Waals surface area contributed by atoms with Gasteiger partial charge in [-0.2, -0.15) is 18.3 Å². The topological polar surface area (TPSA) is 116 Å². The van der Waals surface area contributed by atoms with E-state index in [1.165, 1.54) is 17.0 Å². The van der Waals surface area contributed by atoms with E-state index in [2.05, 4.69) is 20.8 Å². The zero-order valence-corrected chi connectivity index (χ0v) is 15.3. The zero-order valence-electron chi connectivity index (χ0n) is 14.5. The summed E-state index contributed by atoms with van der Waals surface area (Å²) < 4.78 is 40.1. The number of alkyl halides is 3. The van der Waals surface area contributed by atoms with Crippen LogP contribution in [0.3, 0.4) is 0 Å². The summed E-state index contributed by atoms with van der Waals surface area (Å²) in [6.07, 6.45) is -4.50. The van der Waals surface area contributed by atoms with Crippen molar-refractivity contribution in [2.45, 2.75) is 12.2 Å². The van der Waals surface area contributed by atoms with Crippen LogP contribution in [0.15, 0.2) is 18.2 Å². The molecule has 1 aliphatic rings. The van der Waals surface area contributed by atoms with Gasteiger partial charge in [-0.15, -0.1) is 12.4 Å². The van der Waals surface area contributed by atoms with Crippen molar-refractivity contribution >= 4 is 34.9 Å². The molecule has 1 amide bonds. The van der Waals surface area contributed by atoms with E-state index in [1.807, 2.05) is 0 Å². The molecule has 2 aromatic rings. The van der Waals surface area contributed by atoms with Gasteiger partial charge in [-0.05, 0) is 6.07 Å². The molecule has 2 heterocycles. The van der Waals surface area contributed by atoms with Gasteiger partial charge in [0.2, 0.25) is 0 Å². The molecule has 154 valence electrons. The van der Waals surface area contributed by atoms with Crippen LogP contribution in [0, 0.1) is 10.1 Å². The lowest BCUT2D eigenvalue weighted by Crippen LogP contribution is -2.57. The number of carbonyl (C=O) groups excluding carboxylic acids is 1. The van der Waals surface area contributed by atoms with Gasteiger partial charge in [0.05, 0.1) is 10.4 Å². The third-order valence-corrected chi connectivity index (χ3v) is 4.40. The lowest BCUT2D eigenvalue weighted by molar-refractivity contribution is -0.384. The third kappa shape index (κ3) is 4.69. The van der Waals surface area contributed by atoms with Crippen molar-refractivity contribution in [3.05, 3.63) is 34.0 Å². The number of carbonyl (C=O) groups is 1. The smallest absolute Gasteiger partial charge is 0.349 e. The van der Waals surface area contributed by atoms with Gasteiger partial charge >= 0.3 is 6.18 Å². The Kier molecular flexibility index (Phi) is 6.80. The first-order chi connectivity index (χ1) is 12.8. The highest BCUT2D eigenvalue weighted by Crippen LogP contribution is 2.25. The van der Waals surface area contributed by atoms with Crippen LogP contribution < -0.4 is 10.6 Å². The zero-order chi connectivity index (χ0) is 19.6. The second kappa shape index (κ2) is 8.71. The average Bonchev–Trinajstić information content (AvgIpc) is 3.04. The molecule has 3 rings (SSSR count). The molecule has 0 radical (unpaired) electrons. The van der Waals surface area contributed by atoms with Crippen molar-refractivity contribution in [3.8, 4) is 0 Å². The van der Waals surface area contributed by atoms with Gasteiger partial charge in [0.15, 0.2) is 5.69 Å². The Morgan fingerprint density at radius 2 is 2.04 bits per heavy atom. The minimum Gasteiger partial charge on any atom is -0.349 e. The summed E-state index contributed by atoms with van der Waals surface area (Å²) in [4.78, 5) is 23.9. The molecule has 1 aromatic heterocycles. The summed E-state index contributed by atoms with van der Waals surface area (Å²) in [5.74, 6) is -0.828. The summed E-state index contributed by atoms with van der Waals surface area (Å²) >= 11 is 0. The Morgan fingerprint density at radius 3 is 2.64 bits per heavy atom. The van der Waals surface area contributed by atoms with Gasteiger partial charge in [0.1, 0.15) is 6.04 Å². The minimum atomic E-state index is -4.50. The molecule has 1 saturated heterocycles. The van der Waals surface area contributed by atoms with Crippen molar-refractivity contribution in [1.82, 2.24) is 25.7 Å². The van der Waals surface area contributed by atoms with E-state index in [4.69, 9.17) is 0 Å². The summed E-state index contributed by atoms with van der Waals surface area (Å²) in [7, 11) is 0. The minimum absolute atomic E-state index is 0. The number of hydrogen-bond donors (Lipinski definition) is 3. The Bertz CT molecular complexity index is 853. The first-order valence-corrected chi connectivity index (χ1v) is 8.19. The lowest BCUT2D eigenvalue weighted by atomic mass is 10.1. The van der Waals surface area contributed by atoms with Crippen LogP contribution in [0.25, 0.3) is 10.9 Å². The third-order valence-electron chi connectivity index (χ3n) is 4.40. The predicted molar refractivity (Wildman–Crippen MR) is 96.6 cm³/mol. The van der Waals surface area contributed by atoms with Crippen LogP contribution in [-0.4, -0.2) is 70.9 Å². The molecule has 0 spiro atoms. The molecule has 13 heteroatoms. The molecule has 1 aromatic carbocycles. The highest BCUT2D eigenvalue weighted by Gasteiger charge is 2.44. The van der Waals surface area contributed by atoms with Crippen LogP contribution in [0.1, 0.15) is 10.5 Å². The highest BCUT2D eigenvalue weighted by atomic mass is 35.5. The maximum absolute atomic E-state index is 13.4. The molecule has 1 atom stereocenters. The average molecular weight is 423 g/mol. The number of nitrogens with zero attached hydrogens (tertiary/aromatic N) is 3. The number of aromatic amines is 1. The number of aromatic nitrogens is 2. The van der Waals surface area contributed by atoms with Gasteiger partial charge in [0, 0.05) is 50.2 Å². The Morgan fingerprint density at radius 1 is 1.36 bits per heavy atom. The molecule has 3 N–H and O–H groups in total. The number of amides is 1. The molecule has 1 aliphatic heterocycles. The molecule has 0 aliphatic carbocycles. The maximum Gasteiger partial charge on any atom is 0.405 e. The van der Waals surface area contributed by atoms with Crippen LogP contribution in [-0.2, 0) is 0 Å². The Balaban J connectivity index is 0.00000280. The molecule has 28 heavy (non-hydrogen) atoms. The Hall–Kier alpha value is -2.44. The molecular weight excluding hydrogens is 405 g/mol. The summed E-state index contributed by atoms with van der Waals surface area (Å²) in [5, 5.41) is 22.6. The molecule has 1 fully saturated rings. The van der Waals surface area contributed by atoms with E-state index in [0.29, 0.717) is 18.6 Å². The number of rotatable bonds is 5. The molecule has 0 saturated carbocycles. The number of piperazine rings is 1. The number of nitrogens with one attached hydrogen (secondary N) is 3. The highest BCUT2D eigenvalue weighted by molar-refractivity contribution is 6.05. The van der Waals surface area contributed by atoms with Crippen molar-refractivity contribution in [2.75, 3.05) is 32.7 Å². The van der Waals surface area contributed by atoms with Gasteiger partial charge in [-0.3, -0.25) is 24.9 Å². The van der Waals surface area contributed by atoms with Gasteiger partial charge < -0.3 is 10.6 Å². The first-order valence-electron chi connectivity index (χ1n) is 8.19. The first kappa shape index (κ1) is 21.9. The quantitative estimate of drug-likeness (QED) is 0.496. The fourth-order valence-electron chi connectivity index (χ4n) is 3.01. The number of benzene rings is 1. The van der Waals surface area contributed by atoms with E-state index in [0.717, 1.165) is 6.07 Å².